The second kappa shape index (κ2) is 4.81. The average molecular weight is 196 g/mol. The number of nitrogens with zero attached hydrogens (tertiary/aromatic N) is 1. The van der Waals surface area contributed by atoms with Crippen molar-refractivity contribution in [3.8, 4) is 0 Å². The summed E-state index contributed by atoms with van der Waals surface area (Å²) in [5.41, 5.74) is 4.70. The van der Waals surface area contributed by atoms with Crippen molar-refractivity contribution in [2.24, 2.45) is 16.4 Å². The van der Waals surface area contributed by atoms with Crippen LogP contribution in [-0.2, 0) is 0 Å². The fourth-order valence-electron chi connectivity index (χ4n) is 2.22. The van der Waals surface area contributed by atoms with Crippen LogP contribution in [0.1, 0.15) is 52.9 Å². The van der Waals surface area contributed by atoms with Gasteiger partial charge in [-0.1, -0.05) is 33.6 Å². The molecule has 0 atom stereocenters. The maximum Gasteiger partial charge on any atom is 0.0414 e. The molecule has 1 fully saturated rings. The number of rotatable bonds is 3. The molecule has 0 aliphatic heterocycles. The fraction of sp³-hybridized carbons (Fsp3) is 0.917. The highest BCUT2D eigenvalue weighted by molar-refractivity contribution is 5.87. The van der Waals surface area contributed by atoms with Crippen molar-refractivity contribution in [3.05, 3.63) is 0 Å². The lowest BCUT2D eigenvalue weighted by Gasteiger charge is -2.22. The van der Waals surface area contributed by atoms with E-state index < -0.39 is 0 Å². The van der Waals surface area contributed by atoms with Crippen LogP contribution in [-0.4, -0.2) is 12.8 Å². The van der Waals surface area contributed by atoms with Crippen LogP contribution >= 0.6 is 0 Å². The van der Waals surface area contributed by atoms with E-state index in [0.717, 1.165) is 12.3 Å². The summed E-state index contributed by atoms with van der Waals surface area (Å²) in [5.74, 6) is 0.752. The second-order valence-corrected chi connectivity index (χ2v) is 5.55. The van der Waals surface area contributed by atoms with E-state index in [1.807, 2.05) is 7.05 Å². The Hall–Kier alpha value is -0.530. The van der Waals surface area contributed by atoms with E-state index in [2.05, 4.69) is 31.3 Å². The SMILES string of the molecule is CN/N=C(/CC(C)(C)C)C1CCCC1. The molecule has 0 saturated heterocycles. The average Bonchev–Trinajstić information content (AvgIpc) is 2.52. The summed E-state index contributed by atoms with van der Waals surface area (Å²) >= 11 is 0. The summed E-state index contributed by atoms with van der Waals surface area (Å²) in [6.45, 7) is 6.85. The van der Waals surface area contributed by atoms with Crippen molar-refractivity contribution in [3.63, 3.8) is 0 Å². The first-order valence-corrected chi connectivity index (χ1v) is 5.76. The minimum absolute atomic E-state index is 0.359. The van der Waals surface area contributed by atoms with E-state index >= 15 is 0 Å². The van der Waals surface area contributed by atoms with Crippen LogP contribution in [0.2, 0.25) is 0 Å². The normalized spacial score (nSPS) is 20.1. The smallest absolute Gasteiger partial charge is 0.0414 e. The van der Waals surface area contributed by atoms with Gasteiger partial charge in [-0.05, 0) is 30.6 Å². The molecule has 0 radical (unpaired) electrons. The molecular weight excluding hydrogens is 172 g/mol. The number of nitrogens with one attached hydrogen (secondary N) is 1. The quantitative estimate of drug-likeness (QED) is 0.544. The molecule has 2 nitrogen and oxygen atoms in total. The topological polar surface area (TPSA) is 24.4 Å². The first-order chi connectivity index (χ1) is 6.53. The number of hydrogen-bond acceptors (Lipinski definition) is 2. The van der Waals surface area contributed by atoms with Crippen LogP contribution < -0.4 is 5.43 Å². The van der Waals surface area contributed by atoms with Gasteiger partial charge in [-0.25, -0.2) is 0 Å². The zero-order valence-electron chi connectivity index (χ0n) is 10.1. The lowest BCUT2D eigenvalue weighted by molar-refractivity contribution is 0.423. The summed E-state index contributed by atoms with van der Waals surface area (Å²) in [4.78, 5) is 0. The van der Waals surface area contributed by atoms with Crippen molar-refractivity contribution in [1.29, 1.82) is 0 Å². The Morgan fingerprint density at radius 3 is 2.29 bits per heavy atom. The first kappa shape index (κ1) is 11.5. The summed E-state index contributed by atoms with van der Waals surface area (Å²) in [6.07, 6.45) is 6.58. The van der Waals surface area contributed by atoms with E-state index in [4.69, 9.17) is 0 Å². The van der Waals surface area contributed by atoms with Gasteiger partial charge in [0.15, 0.2) is 0 Å². The van der Waals surface area contributed by atoms with E-state index in [1.54, 1.807) is 0 Å². The molecule has 0 bridgehead atoms. The Labute approximate surface area is 88.2 Å². The summed E-state index contributed by atoms with van der Waals surface area (Å²) < 4.78 is 0. The van der Waals surface area contributed by atoms with Gasteiger partial charge in [0.1, 0.15) is 0 Å². The minimum atomic E-state index is 0.359. The zero-order valence-corrected chi connectivity index (χ0v) is 10.1. The third-order valence-corrected chi connectivity index (χ3v) is 2.79. The van der Waals surface area contributed by atoms with Gasteiger partial charge < -0.3 is 5.43 Å². The zero-order chi connectivity index (χ0) is 10.6. The molecule has 0 aromatic carbocycles. The Kier molecular flexibility index (Phi) is 3.97. The predicted octanol–water partition coefficient (Wildman–Crippen LogP) is 3.19. The van der Waals surface area contributed by atoms with Crippen LogP contribution in [0.15, 0.2) is 5.10 Å². The van der Waals surface area contributed by atoms with Gasteiger partial charge in [-0.15, -0.1) is 0 Å². The minimum Gasteiger partial charge on any atom is -0.313 e. The lowest BCUT2D eigenvalue weighted by Crippen LogP contribution is -2.21. The molecule has 2 heteroatoms. The van der Waals surface area contributed by atoms with Gasteiger partial charge >= 0.3 is 0 Å². The summed E-state index contributed by atoms with van der Waals surface area (Å²) in [5, 5.41) is 4.46. The highest BCUT2D eigenvalue weighted by Gasteiger charge is 2.24. The van der Waals surface area contributed by atoms with Gasteiger partial charge in [0.05, 0.1) is 0 Å². The van der Waals surface area contributed by atoms with Crippen LogP contribution in [0.5, 0.6) is 0 Å². The van der Waals surface area contributed by atoms with Crippen molar-refractivity contribution >= 4 is 5.71 Å². The predicted molar refractivity (Wildman–Crippen MR) is 62.5 cm³/mol. The number of hydrazone groups is 1. The molecule has 1 N–H and O–H groups in total. The van der Waals surface area contributed by atoms with Crippen molar-refractivity contribution < 1.29 is 0 Å². The molecule has 1 saturated carbocycles. The van der Waals surface area contributed by atoms with Gasteiger partial charge in [-0.3, -0.25) is 0 Å². The molecule has 0 spiro atoms. The largest absolute Gasteiger partial charge is 0.313 e. The third kappa shape index (κ3) is 3.69. The molecule has 1 aliphatic rings. The fourth-order valence-corrected chi connectivity index (χ4v) is 2.22. The standard InChI is InChI=1S/C12H24N2/c1-12(2,3)9-11(14-13-4)10-7-5-6-8-10/h10,13H,5-9H2,1-4H3/b14-11-. The van der Waals surface area contributed by atoms with Gasteiger partial charge in [0.2, 0.25) is 0 Å². The molecule has 0 aromatic rings. The van der Waals surface area contributed by atoms with Crippen molar-refractivity contribution in [1.82, 2.24) is 5.43 Å². The molecule has 1 aliphatic carbocycles. The van der Waals surface area contributed by atoms with E-state index in [0.29, 0.717) is 5.41 Å². The molecule has 0 heterocycles. The summed E-state index contributed by atoms with van der Waals surface area (Å²) in [6, 6.07) is 0. The van der Waals surface area contributed by atoms with E-state index in [-0.39, 0.29) is 0 Å². The first-order valence-electron chi connectivity index (χ1n) is 5.76. The van der Waals surface area contributed by atoms with E-state index in [9.17, 15) is 0 Å². The Bertz CT molecular complexity index is 195. The maximum atomic E-state index is 4.46. The highest BCUT2D eigenvalue weighted by atomic mass is 15.3. The molecule has 0 aromatic heterocycles. The van der Waals surface area contributed by atoms with Crippen LogP contribution in [0.3, 0.4) is 0 Å². The molecule has 0 unspecified atom stereocenters. The van der Waals surface area contributed by atoms with Gasteiger partial charge in [-0.2, -0.15) is 5.10 Å². The Morgan fingerprint density at radius 2 is 1.86 bits per heavy atom. The lowest BCUT2D eigenvalue weighted by atomic mass is 9.84. The molecular formula is C12H24N2. The molecule has 1 rings (SSSR count). The maximum absolute atomic E-state index is 4.46. The van der Waals surface area contributed by atoms with Crippen molar-refractivity contribution in [2.45, 2.75) is 52.9 Å². The Balaban J connectivity index is 2.59. The van der Waals surface area contributed by atoms with Crippen LogP contribution in [0.25, 0.3) is 0 Å². The molecule has 14 heavy (non-hydrogen) atoms. The van der Waals surface area contributed by atoms with E-state index in [1.165, 1.54) is 31.4 Å². The van der Waals surface area contributed by atoms with Crippen molar-refractivity contribution in [2.75, 3.05) is 7.05 Å². The second-order valence-electron chi connectivity index (χ2n) is 5.55. The number of hydrogen-bond donors (Lipinski definition) is 1. The van der Waals surface area contributed by atoms with Gasteiger partial charge in [0.25, 0.3) is 0 Å². The van der Waals surface area contributed by atoms with Crippen LogP contribution in [0.4, 0.5) is 0 Å². The van der Waals surface area contributed by atoms with Gasteiger partial charge in [0, 0.05) is 12.8 Å². The molecule has 0 amide bonds. The molecule has 82 valence electrons. The monoisotopic (exact) mass is 196 g/mol. The Morgan fingerprint density at radius 1 is 1.29 bits per heavy atom. The summed E-state index contributed by atoms with van der Waals surface area (Å²) in [7, 11) is 1.90. The third-order valence-electron chi connectivity index (χ3n) is 2.79. The van der Waals surface area contributed by atoms with Crippen LogP contribution in [0, 0.1) is 11.3 Å². The highest BCUT2D eigenvalue weighted by Crippen LogP contribution is 2.31.